The average molecular weight is 268 g/mol. The second-order valence-corrected chi connectivity index (χ2v) is 5.51. The Morgan fingerprint density at radius 1 is 1.33 bits per heavy atom. The van der Waals surface area contributed by atoms with Crippen molar-refractivity contribution in [3.63, 3.8) is 0 Å². The number of amides is 1. The molecule has 98 valence electrons. The van der Waals surface area contributed by atoms with Crippen molar-refractivity contribution in [2.75, 3.05) is 5.32 Å². The van der Waals surface area contributed by atoms with Gasteiger partial charge in [-0.25, -0.2) is 13.6 Å². The molecular formula is C12H16N2O3S. The summed E-state index contributed by atoms with van der Waals surface area (Å²) in [4.78, 5) is 11.4. The van der Waals surface area contributed by atoms with Crippen LogP contribution >= 0.6 is 0 Å². The zero-order chi connectivity index (χ0) is 13.9. The largest absolute Gasteiger partial charge is 0.322 e. The van der Waals surface area contributed by atoms with Gasteiger partial charge >= 0.3 is 0 Å². The number of hydrogen-bond donors (Lipinski definition) is 2. The highest BCUT2D eigenvalue weighted by molar-refractivity contribution is 7.89. The molecule has 1 rings (SSSR count). The van der Waals surface area contributed by atoms with E-state index in [0.717, 1.165) is 11.1 Å². The van der Waals surface area contributed by atoms with E-state index < -0.39 is 10.0 Å². The Hall–Kier alpha value is -1.66. The lowest BCUT2D eigenvalue weighted by molar-refractivity contribution is -0.111. The number of primary sulfonamides is 1. The first-order chi connectivity index (χ1) is 8.25. The van der Waals surface area contributed by atoms with E-state index in [0.29, 0.717) is 5.69 Å². The van der Waals surface area contributed by atoms with Crippen molar-refractivity contribution in [2.24, 2.45) is 5.14 Å². The molecule has 3 N–H and O–H groups in total. The molecule has 18 heavy (non-hydrogen) atoms. The average Bonchev–Trinajstić information content (AvgIpc) is 2.23. The van der Waals surface area contributed by atoms with Gasteiger partial charge in [-0.1, -0.05) is 6.08 Å². The molecule has 0 radical (unpaired) electrons. The summed E-state index contributed by atoms with van der Waals surface area (Å²) in [6, 6.07) is 2.84. The molecule has 0 aliphatic rings. The molecule has 0 saturated carbocycles. The predicted molar refractivity (Wildman–Crippen MR) is 70.7 cm³/mol. The van der Waals surface area contributed by atoms with Crippen LogP contribution in [0.4, 0.5) is 5.69 Å². The molecule has 0 aliphatic heterocycles. The van der Waals surface area contributed by atoms with Gasteiger partial charge in [-0.2, -0.15) is 0 Å². The number of anilines is 1. The quantitative estimate of drug-likeness (QED) is 0.813. The second kappa shape index (κ2) is 5.32. The first-order valence-corrected chi connectivity index (χ1v) is 6.88. The molecule has 0 bridgehead atoms. The third-order valence-electron chi connectivity index (χ3n) is 2.55. The first kappa shape index (κ1) is 14.4. The smallest absolute Gasteiger partial charge is 0.248 e. The third-order valence-corrected chi connectivity index (χ3v) is 3.44. The minimum absolute atomic E-state index is 0.0126. The molecule has 1 amide bonds. The van der Waals surface area contributed by atoms with Gasteiger partial charge in [-0.05, 0) is 50.1 Å². The van der Waals surface area contributed by atoms with E-state index in [9.17, 15) is 13.2 Å². The summed E-state index contributed by atoms with van der Waals surface area (Å²) >= 11 is 0. The molecule has 1 aromatic carbocycles. The Labute approximate surface area is 107 Å². The summed E-state index contributed by atoms with van der Waals surface area (Å²) in [5, 5.41) is 7.70. The monoisotopic (exact) mass is 268 g/mol. The number of rotatable bonds is 3. The predicted octanol–water partition coefficient (Wildman–Crippen LogP) is 1.47. The number of nitrogens with two attached hydrogens (primary N) is 1. The van der Waals surface area contributed by atoms with Crippen LogP contribution in [0.5, 0.6) is 0 Å². The van der Waals surface area contributed by atoms with E-state index in [4.69, 9.17) is 5.14 Å². The van der Waals surface area contributed by atoms with Crippen LogP contribution in [0.2, 0.25) is 0 Å². The van der Waals surface area contributed by atoms with Crippen LogP contribution in [-0.4, -0.2) is 14.3 Å². The maximum Gasteiger partial charge on any atom is 0.248 e. The highest BCUT2D eigenvalue weighted by Gasteiger charge is 2.13. The molecule has 0 spiro atoms. The highest BCUT2D eigenvalue weighted by Crippen LogP contribution is 2.23. The third kappa shape index (κ3) is 3.41. The fourth-order valence-corrected chi connectivity index (χ4v) is 2.07. The molecule has 0 atom stereocenters. The lowest BCUT2D eigenvalue weighted by Gasteiger charge is -2.11. The molecule has 0 saturated heterocycles. The highest BCUT2D eigenvalue weighted by atomic mass is 32.2. The van der Waals surface area contributed by atoms with Crippen LogP contribution < -0.4 is 10.5 Å². The van der Waals surface area contributed by atoms with E-state index in [1.54, 1.807) is 26.8 Å². The Morgan fingerprint density at radius 2 is 1.94 bits per heavy atom. The van der Waals surface area contributed by atoms with E-state index in [1.807, 2.05) is 0 Å². The minimum atomic E-state index is -3.78. The summed E-state index contributed by atoms with van der Waals surface area (Å²) in [6.07, 6.45) is 2.96. The van der Waals surface area contributed by atoms with Gasteiger partial charge in [0.25, 0.3) is 0 Å². The van der Waals surface area contributed by atoms with Gasteiger partial charge in [-0.15, -0.1) is 0 Å². The second-order valence-electron chi connectivity index (χ2n) is 3.95. The fraction of sp³-hybridized carbons (Fsp3) is 0.250. The van der Waals surface area contributed by atoms with Gasteiger partial charge in [-0.3, -0.25) is 4.79 Å². The van der Waals surface area contributed by atoms with Gasteiger partial charge in [0.2, 0.25) is 15.9 Å². The van der Waals surface area contributed by atoms with Crippen LogP contribution in [-0.2, 0) is 14.8 Å². The van der Waals surface area contributed by atoms with Crippen LogP contribution in [0.1, 0.15) is 18.1 Å². The van der Waals surface area contributed by atoms with Crippen LogP contribution in [0.25, 0.3) is 0 Å². The van der Waals surface area contributed by atoms with Crippen LogP contribution in [0, 0.1) is 13.8 Å². The Kier molecular flexibility index (Phi) is 4.26. The lowest BCUT2D eigenvalue weighted by atomic mass is 10.1. The molecule has 0 heterocycles. The molecule has 0 unspecified atom stereocenters. The molecular weight excluding hydrogens is 252 g/mol. The number of nitrogens with one attached hydrogen (secondary N) is 1. The van der Waals surface area contributed by atoms with E-state index in [2.05, 4.69) is 5.32 Å². The maximum atomic E-state index is 11.5. The summed E-state index contributed by atoms with van der Waals surface area (Å²) in [5.74, 6) is -0.313. The zero-order valence-electron chi connectivity index (χ0n) is 10.5. The number of allylic oxidation sites excluding steroid dienone is 1. The summed E-state index contributed by atoms with van der Waals surface area (Å²) < 4.78 is 22.6. The SMILES string of the molecule is C/C=C/C(=O)Nc1cc(S(N)(=O)=O)cc(C)c1C. The number of aryl methyl sites for hydroxylation is 1. The van der Waals surface area contributed by atoms with Crippen molar-refractivity contribution in [3.05, 3.63) is 35.4 Å². The van der Waals surface area contributed by atoms with Crippen molar-refractivity contribution in [2.45, 2.75) is 25.7 Å². The summed E-state index contributed by atoms with van der Waals surface area (Å²) in [6.45, 7) is 5.28. The fourth-order valence-electron chi connectivity index (χ4n) is 1.45. The molecule has 6 heteroatoms. The van der Waals surface area contributed by atoms with Crippen molar-refractivity contribution >= 4 is 21.6 Å². The molecule has 5 nitrogen and oxygen atoms in total. The number of carbonyl (C=O) groups is 1. The normalized spacial score (nSPS) is 11.8. The number of benzene rings is 1. The van der Waals surface area contributed by atoms with Crippen molar-refractivity contribution in [1.29, 1.82) is 0 Å². The minimum Gasteiger partial charge on any atom is -0.322 e. The van der Waals surface area contributed by atoms with Gasteiger partial charge in [0.05, 0.1) is 4.90 Å². The molecule has 1 aromatic rings. The number of hydrogen-bond acceptors (Lipinski definition) is 3. The topological polar surface area (TPSA) is 89.3 Å². The number of carbonyl (C=O) groups excluding carboxylic acids is 1. The lowest BCUT2D eigenvalue weighted by Crippen LogP contribution is -2.15. The van der Waals surface area contributed by atoms with Gasteiger partial charge in [0, 0.05) is 5.69 Å². The summed E-state index contributed by atoms with van der Waals surface area (Å²) in [5.41, 5.74) is 2.00. The van der Waals surface area contributed by atoms with Gasteiger partial charge in [0.1, 0.15) is 0 Å². The summed E-state index contributed by atoms with van der Waals surface area (Å²) in [7, 11) is -3.78. The first-order valence-electron chi connectivity index (χ1n) is 5.33. The Morgan fingerprint density at radius 3 is 2.44 bits per heavy atom. The van der Waals surface area contributed by atoms with Gasteiger partial charge in [0.15, 0.2) is 0 Å². The Balaban J connectivity index is 3.27. The van der Waals surface area contributed by atoms with E-state index in [1.165, 1.54) is 18.2 Å². The van der Waals surface area contributed by atoms with E-state index >= 15 is 0 Å². The van der Waals surface area contributed by atoms with Crippen LogP contribution in [0.3, 0.4) is 0 Å². The molecule has 0 fully saturated rings. The van der Waals surface area contributed by atoms with Gasteiger partial charge < -0.3 is 5.32 Å². The van der Waals surface area contributed by atoms with Crippen molar-refractivity contribution in [3.8, 4) is 0 Å². The Bertz CT molecular complexity index is 604. The van der Waals surface area contributed by atoms with E-state index in [-0.39, 0.29) is 10.8 Å². The van der Waals surface area contributed by atoms with Crippen molar-refractivity contribution in [1.82, 2.24) is 0 Å². The van der Waals surface area contributed by atoms with Crippen LogP contribution in [0.15, 0.2) is 29.2 Å². The standard InChI is InChI=1S/C12H16N2O3S/c1-4-5-12(15)14-11-7-10(18(13,16)17)6-8(2)9(11)3/h4-7H,1-3H3,(H,14,15)(H2,13,16,17)/b5-4+. The maximum absolute atomic E-state index is 11.5. The number of sulfonamides is 1. The van der Waals surface area contributed by atoms with Crippen molar-refractivity contribution < 1.29 is 13.2 Å². The zero-order valence-corrected chi connectivity index (χ0v) is 11.3. The molecule has 0 aromatic heterocycles. The molecule has 0 aliphatic carbocycles.